The van der Waals surface area contributed by atoms with Gasteiger partial charge in [0.05, 0.1) is 9.72 Å². The van der Waals surface area contributed by atoms with Gasteiger partial charge >= 0.3 is 0 Å². The van der Waals surface area contributed by atoms with Gasteiger partial charge in [-0.05, 0) is 36.2 Å². The lowest BCUT2D eigenvalue weighted by Gasteiger charge is -2.08. The van der Waals surface area contributed by atoms with Crippen LogP contribution in [0.4, 0.5) is 10.8 Å². The second-order valence-corrected chi connectivity index (χ2v) is 6.66. The Kier molecular flexibility index (Phi) is 4.87. The molecule has 0 atom stereocenters. The summed E-state index contributed by atoms with van der Waals surface area (Å²) in [7, 11) is 0. The van der Waals surface area contributed by atoms with Crippen LogP contribution in [-0.4, -0.2) is 17.5 Å². The van der Waals surface area contributed by atoms with Crippen LogP contribution in [0.2, 0.25) is 5.02 Å². The Morgan fingerprint density at radius 2 is 2.08 bits per heavy atom. The summed E-state index contributed by atoms with van der Waals surface area (Å²) in [6, 6.07) is 11.1. The molecule has 1 aromatic heterocycles. The Labute approximate surface area is 148 Å². The number of nitrogens with two attached hydrogens (primary N) is 1. The third-order valence-electron chi connectivity index (χ3n) is 3.45. The van der Waals surface area contributed by atoms with Gasteiger partial charge in [-0.2, -0.15) is 0 Å². The number of carbonyl (C=O) groups is 1. The summed E-state index contributed by atoms with van der Waals surface area (Å²) in [4.78, 5) is 16.2. The number of anilines is 2. The number of fused-ring (bicyclic) bond motifs is 1. The third-order valence-corrected chi connectivity index (χ3v) is 4.57. The van der Waals surface area contributed by atoms with Crippen molar-refractivity contribution in [3.8, 4) is 5.75 Å². The Morgan fingerprint density at radius 1 is 1.33 bits per heavy atom. The molecular formula is C17H16ClN3O2S. The van der Waals surface area contributed by atoms with E-state index in [4.69, 9.17) is 22.1 Å². The minimum absolute atomic E-state index is 0.0774. The van der Waals surface area contributed by atoms with Gasteiger partial charge in [-0.3, -0.25) is 4.79 Å². The van der Waals surface area contributed by atoms with Crippen molar-refractivity contribution >= 4 is 49.9 Å². The molecule has 0 spiro atoms. The molecular weight excluding hydrogens is 346 g/mol. The number of carbonyl (C=O) groups excluding carboxylic acids is 1. The highest BCUT2D eigenvalue weighted by molar-refractivity contribution is 7.22. The minimum atomic E-state index is -0.262. The molecule has 0 fully saturated rings. The number of nitrogen functional groups attached to an aromatic ring is 1. The Balaban J connectivity index is 1.63. The predicted octanol–water partition coefficient (Wildman–Crippen LogP) is 4.11. The van der Waals surface area contributed by atoms with Crippen molar-refractivity contribution in [2.24, 2.45) is 0 Å². The zero-order valence-electron chi connectivity index (χ0n) is 13.0. The summed E-state index contributed by atoms with van der Waals surface area (Å²) in [5, 5.41) is 3.66. The number of halogens is 1. The molecule has 3 N–H and O–H groups in total. The maximum Gasteiger partial charge on any atom is 0.262 e. The Hall–Kier alpha value is -2.31. The minimum Gasteiger partial charge on any atom is -0.484 e. The van der Waals surface area contributed by atoms with Crippen LogP contribution >= 0.6 is 22.9 Å². The molecule has 0 aliphatic carbocycles. The highest BCUT2D eigenvalue weighted by Crippen LogP contribution is 2.32. The lowest BCUT2D eigenvalue weighted by Crippen LogP contribution is -2.20. The number of hydrogen-bond donors (Lipinski definition) is 2. The SMILES string of the molecule is CCc1ccc(OCC(=O)Nc2cc(Cl)c3nc(N)sc3c2)cc1. The highest BCUT2D eigenvalue weighted by Gasteiger charge is 2.10. The van der Waals surface area contributed by atoms with E-state index in [1.54, 1.807) is 12.1 Å². The molecule has 0 aliphatic heterocycles. The normalized spacial score (nSPS) is 10.8. The van der Waals surface area contributed by atoms with Crippen LogP contribution in [0.3, 0.4) is 0 Å². The molecule has 3 rings (SSSR count). The van der Waals surface area contributed by atoms with Crippen molar-refractivity contribution in [3.63, 3.8) is 0 Å². The molecule has 0 aliphatic rings. The topological polar surface area (TPSA) is 77.2 Å². The molecule has 0 radical (unpaired) electrons. The first-order valence-corrected chi connectivity index (χ1v) is 8.61. The van der Waals surface area contributed by atoms with E-state index in [0.29, 0.717) is 27.1 Å². The first-order chi connectivity index (χ1) is 11.5. The maximum absolute atomic E-state index is 12.0. The first kappa shape index (κ1) is 16.5. The molecule has 0 bridgehead atoms. The molecule has 0 unspecified atom stereocenters. The molecule has 5 nitrogen and oxygen atoms in total. The van der Waals surface area contributed by atoms with E-state index >= 15 is 0 Å². The second-order valence-electron chi connectivity index (χ2n) is 5.19. The second kappa shape index (κ2) is 7.07. The van der Waals surface area contributed by atoms with Crippen molar-refractivity contribution in [3.05, 3.63) is 47.0 Å². The molecule has 7 heteroatoms. The van der Waals surface area contributed by atoms with Gasteiger partial charge in [-0.15, -0.1) is 0 Å². The van der Waals surface area contributed by atoms with E-state index < -0.39 is 0 Å². The zero-order chi connectivity index (χ0) is 17.1. The number of ether oxygens (including phenoxy) is 1. The van der Waals surface area contributed by atoms with Crippen LogP contribution in [0.25, 0.3) is 10.2 Å². The standard InChI is InChI=1S/C17H16ClN3O2S/c1-2-10-3-5-12(6-4-10)23-9-15(22)20-11-7-13(18)16-14(8-11)24-17(19)21-16/h3-8H,2,9H2,1H3,(H2,19,21)(H,20,22). The third kappa shape index (κ3) is 3.77. The monoisotopic (exact) mass is 361 g/mol. The van der Waals surface area contributed by atoms with E-state index in [1.807, 2.05) is 24.3 Å². The molecule has 3 aromatic rings. The lowest BCUT2D eigenvalue weighted by molar-refractivity contribution is -0.118. The summed E-state index contributed by atoms with van der Waals surface area (Å²) in [5.41, 5.74) is 8.14. The number of nitrogens with zero attached hydrogens (tertiary/aromatic N) is 1. The number of benzene rings is 2. The molecule has 24 heavy (non-hydrogen) atoms. The predicted molar refractivity (Wildman–Crippen MR) is 99.0 cm³/mol. The van der Waals surface area contributed by atoms with E-state index in [0.717, 1.165) is 11.1 Å². The van der Waals surface area contributed by atoms with Gasteiger partial charge in [-0.25, -0.2) is 4.98 Å². The summed E-state index contributed by atoms with van der Waals surface area (Å²) in [5.74, 6) is 0.397. The largest absolute Gasteiger partial charge is 0.484 e. The summed E-state index contributed by atoms with van der Waals surface area (Å²) >= 11 is 7.49. The molecule has 124 valence electrons. The van der Waals surface area contributed by atoms with Gasteiger partial charge in [0.2, 0.25) is 0 Å². The molecule has 1 amide bonds. The van der Waals surface area contributed by atoms with Crippen LogP contribution in [0, 0.1) is 0 Å². The number of aromatic nitrogens is 1. The molecule has 0 saturated carbocycles. The summed E-state index contributed by atoms with van der Waals surface area (Å²) < 4.78 is 6.31. The first-order valence-electron chi connectivity index (χ1n) is 7.42. The number of nitrogens with one attached hydrogen (secondary N) is 1. The fraction of sp³-hybridized carbons (Fsp3) is 0.176. The van der Waals surface area contributed by atoms with Crippen molar-refractivity contribution < 1.29 is 9.53 Å². The van der Waals surface area contributed by atoms with E-state index in [9.17, 15) is 4.79 Å². The molecule has 1 heterocycles. The number of aryl methyl sites for hydroxylation is 1. The van der Waals surface area contributed by atoms with Crippen LogP contribution < -0.4 is 15.8 Å². The van der Waals surface area contributed by atoms with Crippen LogP contribution in [0.15, 0.2) is 36.4 Å². The number of thiazole rings is 1. The van der Waals surface area contributed by atoms with Crippen LogP contribution in [-0.2, 0) is 11.2 Å². The fourth-order valence-electron chi connectivity index (χ4n) is 2.25. The number of amides is 1. The zero-order valence-corrected chi connectivity index (χ0v) is 14.6. The van der Waals surface area contributed by atoms with Gasteiger partial charge in [0.1, 0.15) is 11.3 Å². The Morgan fingerprint density at radius 3 is 2.79 bits per heavy atom. The average molecular weight is 362 g/mol. The maximum atomic E-state index is 12.0. The lowest BCUT2D eigenvalue weighted by atomic mass is 10.2. The van der Waals surface area contributed by atoms with Crippen molar-refractivity contribution in [2.45, 2.75) is 13.3 Å². The van der Waals surface area contributed by atoms with Crippen molar-refractivity contribution in [2.75, 3.05) is 17.7 Å². The Bertz CT molecular complexity index is 877. The summed E-state index contributed by atoms with van der Waals surface area (Å²) in [6.45, 7) is 2.01. The molecule has 0 saturated heterocycles. The fourth-order valence-corrected chi connectivity index (χ4v) is 3.36. The highest BCUT2D eigenvalue weighted by atomic mass is 35.5. The molecule has 2 aromatic carbocycles. The van der Waals surface area contributed by atoms with Gasteiger partial charge in [0.25, 0.3) is 5.91 Å². The van der Waals surface area contributed by atoms with E-state index in [2.05, 4.69) is 17.2 Å². The quantitative estimate of drug-likeness (QED) is 0.716. The smallest absolute Gasteiger partial charge is 0.262 e. The van der Waals surface area contributed by atoms with Gasteiger partial charge in [-0.1, -0.05) is 42.0 Å². The van der Waals surface area contributed by atoms with Crippen molar-refractivity contribution in [1.82, 2.24) is 4.98 Å². The van der Waals surface area contributed by atoms with Crippen LogP contribution in [0.5, 0.6) is 5.75 Å². The van der Waals surface area contributed by atoms with Gasteiger partial charge in [0, 0.05) is 5.69 Å². The van der Waals surface area contributed by atoms with Gasteiger partial charge in [0.15, 0.2) is 11.7 Å². The number of rotatable bonds is 5. The van der Waals surface area contributed by atoms with E-state index in [1.165, 1.54) is 16.9 Å². The van der Waals surface area contributed by atoms with Crippen LogP contribution in [0.1, 0.15) is 12.5 Å². The summed E-state index contributed by atoms with van der Waals surface area (Å²) in [6.07, 6.45) is 0.964. The number of hydrogen-bond acceptors (Lipinski definition) is 5. The van der Waals surface area contributed by atoms with E-state index in [-0.39, 0.29) is 12.5 Å². The average Bonchev–Trinajstić information content (AvgIpc) is 2.94. The van der Waals surface area contributed by atoms with Crippen molar-refractivity contribution in [1.29, 1.82) is 0 Å². The van der Waals surface area contributed by atoms with Gasteiger partial charge < -0.3 is 15.8 Å².